The van der Waals surface area contributed by atoms with Crippen molar-refractivity contribution in [2.45, 2.75) is 25.3 Å². The third-order valence-electron chi connectivity index (χ3n) is 4.19. The van der Waals surface area contributed by atoms with Crippen molar-refractivity contribution in [3.8, 4) is 0 Å². The van der Waals surface area contributed by atoms with E-state index in [0.29, 0.717) is 19.6 Å². The molecule has 21 heavy (non-hydrogen) atoms. The van der Waals surface area contributed by atoms with Gasteiger partial charge in [-0.1, -0.05) is 24.3 Å². The van der Waals surface area contributed by atoms with Crippen LogP contribution in [0.3, 0.4) is 0 Å². The standard InChI is InChI=1S/C16H21N3O2/c20-15-10-19(9-8-17-15)11-16(21)18-14-7-3-5-12-4-1-2-6-13(12)14/h1-2,4,6,14H,3,5,7-11H2,(H,17,20)(H,18,21)/t14-/m0/s1. The lowest BCUT2D eigenvalue weighted by atomic mass is 9.88. The molecule has 1 aliphatic heterocycles. The first-order chi connectivity index (χ1) is 10.2. The van der Waals surface area contributed by atoms with Gasteiger partial charge in [0.2, 0.25) is 11.8 Å². The van der Waals surface area contributed by atoms with Crippen LogP contribution in [-0.2, 0) is 16.0 Å². The highest BCUT2D eigenvalue weighted by molar-refractivity contribution is 5.82. The molecule has 5 nitrogen and oxygen atoms in total. The summed E-state index contributed by atoms with van der Waals surface area (Å²) in [6.07, 6.45) is 3.19. The van der Waals surface area contributed by atoms with E-state index < -0.39 is 0 Å². The number of aryl methyl sites for hydroxylation is 1. The van der Waals surface area contributed by atoms with Crippen molar-refractivity contribution in [1.82, 2.24) is 15.5 Å². The Balaban J connectivity index is 1.59. The predicted octanol–water partition coefficient (Wildman–Crippen LogP) is 0.612. The second-order valence-electron chi connectivity index (χ2n) is 5.77. The van der Waals surface area contributed by atoms with E-state index in [-0.39, 0.29) is 17.9 Å². The molecule has 1 atom stereocenters. The lowest BCUT2D eigenvalue weighted by molar-refractivity contribution is -0.127. The highest BCUT2D eigenvalue weighted by atomic mass is 16.2. The molecule has 0 saturated carbocycles. The third kappa shape index (κ3) is 3.42. The molecule has 2 amide bonds. The molecule has 1 aromatic carbocycles. The molecule has 0 aromatic heterocycles. The smallest absolute Gasteiger partial charge is 0.234 e. The minimum atomic E-state index is -0.00272. The second-order valence-corrected chi connectivity index (χ2v) is 5.77. The molecule has 1 aromatic rings. The molecule has 3 rings (SSSR count). The van der Waals surface area contributed by atoms with E-state index in [1.54, 1.807) is 0 Å². The summed E-state index contributed by atoms with van der Waals surface area (Å²) in [5.41, 5.74) is 2.58. The number of carbonyl (C=O) groups excluding carboxylic acids is 2. The van der Waals surface area contributed by atoms with Crippen LogP contribution in [0.2, 0.25) is 0 Å². The maximum Gasteiger partial charge on any atom is 0.234 e. The van der Waals surface area contributed by atoms with Gasteiger partial charge >= 0.3 is 0 Å². The number of piperazine rings is 1. The molecule has 1 saturated heterocycles. The minimum absolute atomic E-state index is 0.00272. The van der Waals surface area contributed by atoms with E-state index in [1.165, 1.54) is 11.1 Å². The summed E-state index contributed by atoms with van der Waals surface area (Å²) in [7, 11) is 0. The molecule has 1 fully saturated rings. The van der Waals surface area contributed by atoms with Crippen molar-refractivity contribution in [3.63, 3.8) is 0 Å². The third-order valence-corrected chi connectivity index (χ3v) is 4.19. The van der Waals surface area contributed by atoms with Gasteiger partial charge in [-0.25, -0.2) is 0 Å². The molecule has 0 spiro atoms. The summed E-state index contributed by atoms with van der Waals surface area (Å²) in [5, 5.41) is 5.89. The zero-order chi connectivity index (χ0) is 14.7. The highest BCUT2D eigenvalue weighted by Gasteiger charge is 2.23. The van der Waals surface area contributed by atoms with E-state index in [0.717, 1.165) is 25.8 Å². The number of amides is 2. The van der Waals surface area contributed by atoms with Crippen LogP contribution in [-0.4, -0.2) is 42.9 Å². The average Bonchev–Trinajstić information content (AvgIpc) is 2.47. The summed E-state index contributed by atoms with van der Waals surface area (Å²) in [5.74, 6) is 0.00321. The fourth-order valence-corrected chi connectivity index (χ4v) is 3.17. The molecule has 2 N–H and O–H groups in total. The van der Waals surface area contributed by atoms with Gasteiger partial charge in [-0.15, -0.1) is 0 Å². The van der Waals surface area contributed by atoms with Crippen molar-refractivity contribution >= 4 is 11.8 Å². The first-order valence-corrected chi connectivity index (χ1v) is 7.58. The maximum absolute atomic E-state index is 12.2. The molecule has 112 valence electrons. The molecule has 1 aliphatic carbocycles. The van der Waals surface area contributed by atoms with Gasteiger partial charge in [0, 0.05) is 13.1 Å². The van der Waals surface area contributed by atoms with Gasteiger partial charge in [-0.05, 0) is 30.4 Å². The van der Waals surface area contributed by atoms with Crippen molar-refractivity contribution < 1.29 is 9.59 Å². The Bertz CT molecular complexity index is 544. The molecule has 0 bridgehead atoms. The number of carbonyl (C=O) groups is 2. The number of hydrogen-bond donors (Lipinski definition) is 2. The average molecular weight is 287 g/mol. The van der Waals surface area contributed by atoms with Gasteiger partial charge < -0.3 is 10.6 Å². The SMILES string of the molecule is O=C1CN(CC(=O)N[C@H]2CCCc3ccccc32)CCN1. The van der Waals surface area contributed by atoms with Crippen molar-refractivity contribution in [3.05, 3.63) is 35.4 Å². The van der Waals surface area contributed by atoms with Crippen molar-refractivity contribution in [2.24, 2.45) is 0 Å². The summed E-state index contributed by atoms with van der Waals surface area (Å²) in [6.45, 7) is 1.97. The molecule has 1 heterocycles. The van der Waals surface area contributed by atoms with Crippen LogP contribution in [0.5, 0.6) is 0 Å². The number of fused-ring (bicyclic) bond motifs is 1. The van der Waals surface area contributed by atoms with E-state index >= 15 is 0 Å². The Hall–Kier alpha value is -1.88. The first kappa shape index (κ1) is 14.1. The lowest BCUT2D eigenvalue weighted by Crippen LogP contribution is -2.50. The molecule has 5 heteroatoms. The number of benzene rings is 1. The van der Waals surface area contributed by atoms with Gasteiger partial charge in [0.05, 0.1) is 19.1 Å². The zero-order valence-electron chi connectivity index (χ0n) is 12.1. The number of nitrogens with one attached hydrogen (secondary N) is 2. The first-order valence-electron chi connectivity index (χ1n) is 7.58. The van der Waals surface area contributed by atoms with Crippen LogP contribution in [0.15, 0.2) is 24.3 Å². The summed E-state index contributed by atoms with van der Waals surface area (Å²) < 4.78 is 0. The lowest BCUT2D eigenvalue weighted by Gasteiger charge is -2.29. The number of nitrogens with zero attached hydrogens (tertiary/aromatic N) is 1. The summed E-state index contributed by atoms with van der Waals surface area (Å²) >= 11 is 0. The Labute approximate surface area is 124 Å². The van der Waals surface area contributed by atoms with E-state index in [2.05, 4.69) is 28.8 Å². The zero-order valence-corrected chi connectivity index (χ0v) is 12.1. The van der Waals surface area contributed by atoms with Gasteiger partial charge in [-0.2, -0.15) is 0 Å². The molecular formula is C16H21N3O2. The van der Waals surface area contributed by atoms with Crippen molar-refractivity contribution in [2.75, 3.05) is 26.2 Å². The molecule has 0 unspecified atom stereocenters. The van der Waals surface area contributed by atoms with Crippen LogP contribution in [0, 0.1) is 0 Å². The van der Waals surface area contributed by atoms with Crippen LogP contribution >= 0.6 is 0 Å². The highest BCUT2D eigenvalue weighted by Crippen LogP contribution is 2.29. The molecule has 2 aliphatic rings. The second kappa shape index (κ2) is 6.26. The quantitative estimate of drug-likeness (QED) is 0.856. The van der Waals surface area contributed by atoms with Crippen LogP contribution in [0.25, 0.3) is 0 Å². The molecule has 0 radical (unpaired) electrons. The van der Waals surface area contributed by atoms with E-state index in [1.807, 2.05) is 11.0 Å². The fourth-order valence-electron chi connectivity index (χ4n) is 3.17. The summed E-state index contributed by atoms with van der Waals surface area (Å²) in [4.78, 5) is 25.4. The van der Waals surface area contributed by atoms with E-state index in [9.17, 15) is 9.59 Å². The van der Waals surface area contributed by atoms with Gasteiger partial charge in [0.15, 0.2) is 0 Å². The Morgan fingerprint density at radius 2 is 2.24 bits per heavy atom. The monoisotopic (exact) mass is 287 g/mol. The predicted molar refractivity (Wildman–Crippen MR) is 79.7 cm³/mol. The Morgan fingerprint density at radius 1 is 1.38 bits per heavy atom. The van der Waals surface area contributed by atoms with Gasteiger partial charge in [0.25, 0.3) is 0 Å². The van der Waals surface area contributed by atoms with Crippen LogP contribution < -0.4 is 10.6 Å². The van der Waals surface area contributed by atoms with Crippen LogP contribution in [0.1, 0.15) is 30.0 Å². The Morgan fingerprint density at radius 3 is 3.10 bits per heavy atom. The largest absolute Gasteiger partial charge is 0.354 e. The number of rotatable bonds is 3. The van der Waals surface area contributed by atoms with Crippen LogP contribution in [0.4, 0.5) is 0 Å². The summed E-state index contributed by atoms with van der Waals surface area (Å²) in [6, 6.07) is 8.44. The van der Waals surface area contributed by atoms with Crippen molar-refractivity contribution in [1.29, 1.82) is 0 Å². The number of hydrogen-bond acceptors (Lipinski definition) is 3. The normalized spacial score (nSPS) is 22.3. The molecular weight excluding hydrogens is 266 g/mol. The Kier molecular flexibility index (Phi) is 4.20. The van der Waals surface area contributed by atoms with E-state index in [4.69, 9.17) is 0 Å². The van der Waals surface area contributed by atoms with Gasteiger partial charge in [-0.3, -0.25) is 14.5 Å². The van der Waals surface area contributed by atoms with Gasteiger partial charge in [0.1, 0.15) is 0 Å². The fraction of sp³-hybridized carbons (Fsp3) is 0.500. The topological polar surface area (TPSA) is 61.4 Å². The minimum Gasteiger partial charge on any atom is -0.354 e. The maximum atomic E-state index is 12.2.